The Hall–Kier alpha value is -3.54. The van der Waals surface area contributed by atoms with Crippen molar-refractivity contribution in [2.45, 2.75) is 45.3 Å². The zero-order chi connectivity index (χ0) is 22.8. The molecular formula is C26H30N2O4. The summed E-state index contributed by atoms with van der Waals surface area (Å²) in [5, 5.41) is 2.94. The Kier molecular flexibility index (Phi) is 8.49. The zero-order valence-electron chi connectivity index (χ0n) is 18.6. The highest BCUT2D eigenvalue weighted by atomic mass is 16.5. The number of nitrogens with one attached hydrogen (secondary N) is 1. The summed E-state index contributed by atoms with van der Waals surface area (Å²) in [6.45, 7) is 2.58. The highest BCUT2D eigenvalue weighted by Crippen LogP contribution is 2.18. The van der Waals surface area contributed by atoms with Crippen molar-refractivity contribution in [3.05, 3.63) is 89.9 Å². The summed E-state index contributed by atoms with van der Waals surface area (Å²) in [6, 6.07) is 20.3. The summed E-state index contributed by atoms with van der Waals surface area (Å²) in [5.41, 5.74) is 1.93. The molecule has 0 unspecified atom stereocenters. The number of furan rings is 1. The van der Waals surface area contributed by atoms with Crippen LogP contribution < -0.4 is 10.1 Å². The van der Waals surface area contributed by atoms with E-state index in [1.165, 1.54) is 0 Å². The number of hydrogen-bond acceptors (Lipinski definition) is 4. The van der Waals surface area contributed by atoms with E-state index >= 15 is 0 Å². The SMILES string of the molecule is CCCC(=O)N(Cc1ccc(OC)cc1)[C@@H](Cc1ccccc1)C(=O)NCc1ccco1. The van der Waals surface area contributed by atoms with Crippen molar-refractivity contribution in [2.75, 3.05) is 7.11 Å². The second-order valence-corrected chi connectivity index (χ2v) is 7.62. The van der Waals surface area contributed by atoms with Crippen LogP contribution in [0.4, 0.5) is 0 Å². The molecule has 2 aromatic carbocycles. The number of hydrogen-bond donors (Lipinski definition) is 1. The number of amides is 2. The lowest BCUT2D eigenvalue weighted by molar-refractivity contribution is -0.141. The van der Waals surface area contributed by atoms with Crippen molar-refractivity contribution in [3.63, 3.8) is 0 Å². The van der Waals surface area contributed by atoms with E-state index in [1.54, 1.807) is 24.3 Å². The molecule has 3 rings (SSSR count). The lowest BCUT2D eigenvalue weighted by atomic mass is 10.0. The summed E-state index contributed by atoms with van der Waals surface area (Å²) in [6.07, 6.45) is 3.09. The van der Waals surface area contributed by atoms with Crippen molar-refractivity contribution in [1.29, 1.82) is 0 Å². The monoisotopic (exact) mass is 434 g/mol. The first-order valence-electron chi connectivity index (χ1n) is 10.9. The van der Waals surface area contributed by atoms with Gasteiger partial charge in [-0.25, -0.2) is 0 Å². The van der Waals surface area contributed by atoms with Crippen LogP contribution in [0.15, 0.2) is 77.4 Å². The van der Waals surface area contributed by atoms with Crippen LogP contribution in [0, 0.1) is 0 Å². The minimum Gasteiger partial charge on any atom is -0.497 e. The van der Waals surface area contributed by atoms with Gasteiger partial charge in [-0.2, -0.15) is 0 Å². The summed E-state index contributed by atoms with van der Waals surface area (Å²) in [5.74, 6) is 1.16. The molecule has 1 atom stereocenters. The molecule has 1 N–H and O–H groups in total. The molecule has 0 aliphatic carbocycles. The van der Waals surface area contributed by atoms with Crippen molar-refractivity contribution >= 4 is 11.8 Å². The average molecular weight is 435 g/mol. The standard InChI is InChI=1S/C26H30N2O4/c1-3-8-25(29)28(19-21-12-14-22(31-2)15-13-21)24(17-20-9-5-4-6-10-20)26(30)27-18-23-11-7-16-32-23/h4-7,9-16,24H,3,8,17-19H2,1-2H3,(H,27,30)/t24-/m0/s1. The van der Waals surface area contributed by atoms with E-state index < -0.39 is 6.04 Å². The summed E-state index contributed by atoms with van der Waals surface area (Å²) >= 11 is 0. The smallest absolute Gasteiger partial charge is 0.243 e. The number of ether oxygens (including phenoxy) is 1. The molecule has 168 valence electrons. The van der Waals surface area contributed by atoms with Crippen LogP contribution in [-0.2, 0) is 29.1 Å². The molecule has 6 heteroatoms. The maximum atomic E-state index is 13.3. The van der Waals surface area contributed by atoms with Crippen molar-refractivity contribution in [2.24, 2.45) is 0 Å². The van der Waals surface area contributed by atoms with Crippen LogP contribution in [0.5, 0.6) is 5.75 Å². The molecule has 2 amide bonds. The number of carbonyl (C=O) groups is 2. The summed E-state index contributed by atoms with van der Waals surface area (Å²) in [7, 11) is 1.62. The zero-order valence-corrected chi connectivity index (χ0v) is 18.6. The fourth-order valence-corrected chi connectivity index (χ4v) is 3.54. The Morgan fingerprint density at radius 3 is 2.38 bits per heavy atom. The lowest BCUT2D eigenvalue weighted by Crippen LogP contribution is -2.50. The van der Waals surface area contributed by atoms with E-state index in [9.17, 15) is 9.59 Å². The van der Waals surface area contributed by atoms with E-state index in [2.05, 4.69) is 5.32 Å². The molecule has 0 saturated heterocycles. The largest absolute Gasteiger partial charge is 0.497 e. The molecule has 0 aliphatic heterocycles. The topological polar surface area (TPSA) is 71.8 Å². The van der Waals surface area contributed by atoms with E-state index in [0.717, 1.165) is 16.9 Å². The summed E-state index contributed by atoms with van der Waals surface area (Å²) in [4.78, 5) is 28.1. The van der Waals surface area contributed by atoms with Gasteiger partial charge in [-0.1, -0.05) is 49.4 Å². The molecule has 0 spiro atoms. The predicted octanol–water partition coefficient (Wildman–Crippen LogP) is 4.34. The molecule has 0 fully saturated rings. The molecule has 0 aliphatic rings. The number of methoxy groups -OCH3 is 1. The van der Waals surface area contributed by atoms with E-state index in [4.69, 9.17) is 9.15 Å². The molecule has 1 aromatic heterocycles. The van der Waals surface area contributed by atoms with Gasteiger partial charge in [0.1, 0.15) is 17.6 Å². The highest BCUT2D eigenvalue weighted by molar-refractivity contribution is 5.88. The molecular weight excluding hydrogens is 404 g/mol. The van der Waals surface area contributed by atoms with Crippen LogP contribution in [-0.4, -0.2) is 29.9 Å². The van der Waals surface area contributed by atoms with Gasteiger partial charge in [0.15, 0.2) is 0 Å². The fraction of sp³-hybridized carbons (Fsp3) is 0.308. The van der Waals surface area contributed by atoms with E-state index in [1.807, 2.05) is 67.6 Å². The van der Waals surface area contributed by atoms with Gasteiger partial charge in [0.2, 0.25) is 11.8 Å². The molecule has 0 saturated carbocycles. The molecule has 0 radical (unpaired) electrons. The van der Waals surface area contributed by atoms with Gasteiger partial charge >= 0.3 is 0 Å². The number of benzene rings is 2. The van der Waals surface area contributed by atoms with Crippen molar-refractivity contribution < 1.29 is 18.7 Å². The second-order valence-electron chi connectivity index (χ2n) is 7.62. The first-order valence-corrected chi connectivity index (χ1v) is 10.9. The Morgan fingerprint density at radius 1 is 1.00 bits per heavy atom. The van der Waals surface area contributed by atoms with Crippen LogP contribution in [0.1, 0.15) is 36.7 Å². The third-order valence-electron chi connectivity index (χ3n) is 5.26. The second kappa shape index (κ2) is 11.7. The molecule has 3 aromatic rings. The van der Waals surface area contributed by atoms with Crippen LogP contribution >= 0.6 is 0 Å². The quantitative estimate of drug-likeness (QED) is 0.487. The Morgan fingerprint density at radius 2 is 1.75 bits per heavy atom. The maximum absolute atomic E-state index is 13.3. The predicted molar refractivity (Wildman–Crippen MR) is 123 cm³/mol. The average Bonchev–Trinajstić information content (AvgIpc) is 3.35. The highest BCUT2D eigenvalue weighted by Gasteiger charge is 2.30. The van der Waals surface area contributed by atoms with Crippen LogP contribution in [0.25, 0.3) is 0 Å². The van der Waals surface area contributed by atoms with Gasteiger partial charge in [-0.15, -0.1) is 0 Å². The first kappa shape index (κ1) is 23.1. The van der Waals surface area contributed by atoms with E-state index in [0.29, 0.717) is 31.6 Å². The molecule has 1 heterocycles. The van der Waals surface area contributed by atoms with E-state index in [-0.39, 0.29) is 18.4 Å². The third kappa shape index (κ3) is 6.48. The summed E-state index contributed by atoms with van der Waals surface area (Å²) < 4.78 is 10.6. The van der Waals surface area contributed by atoms with Crippen LogP contribution in [0.2, 0.25) is 0 Å². The fourth-order valence-electron chi connectivity index (χ4n) is 3.54. The number of carbonyl (C=O) groups excluding carboxylic acids is 2. The Bertz CT molecular complexity index is 969. The van der Waals surface area contributed by atoms with Gasteiger partial charge in [0, 0.05) is 19.4 Å². The van der Waals surface area contributed by atoms with Gasteiger partial charge < -0.3 is 19.4 Å². The molecule has 32 heavy (non-hydrogen) atoms. The van der Waals surface area contributed by atoms with Gasteiger partial charge in [-0.05, 0) is 41.8 Å². The number of rotatable bonds is 11. The van der Waals surface area contributed by atoms with Crippen molar-refractivity contribution in [3.8, 4) is 5.75 Å². The molecule has 6 nitrogen and oxygen atoms in total. The lowest BCUT2D eigenvalue weighted by Gasteiger charge is -2.31. The Balaban J connectivity index is 1.86. The van der Waals surface area contributed by atoms with Gasteiger partial charge in [0.05, 0.1) is 19.9 Å². The molecule has 0 bridgehead atoms. The normalized spacial score (nSPS) is 11.6. The van der Waals surface area contributed by atoms with Gasteiger partial charge in [-0.3, -0.25) is 9.59 Å². The maximum Gasteiger partial charge on any atom is 0.243 e. The van der Waals surface area contributed by atoms with Crippen molar-refractivity contribution in [1.82, 2.24) is 10.2 Å². The van der Waals surface area contributed by atoms with Crippen LogP contribution in [0.3, 0.4) is 0 Å². The minimum atomic E-state index is -0.645. The minimum absolute atomic E-state index is 0.0441. The third-order valence-corrected chi connectivity index (χ3v) is 5.26. The van der Waals surface area contributed by atoms with Gasteiger partial charge in [0.25, 0.3) is 0 Å². The first-order chi connectivity index (χ1) is 15.6. The number of nitrogens with zero attached hydrogens (tertiary/aromatic N) is 1. The Labute approximate surface area is 189 Å².